The molecule has 1 heterocycles. The molecule has 0 fully saturated rings. The molecule has 1 rings (SSSR count). The van der Waals surface area contributed by atoms with Crippen molar-refractivity contribution in [2.75, 3.05) is 6.61 Å². The fraction of sp³-hybridized carbons (Fsp3) is 0.286. The largest absolute Gasteiger partial charge is 0.461 e. The Morgan fingerprint density at radius 3 is 3.25 bits per heavy atom. The number of H-pyrrole nitrogens is 1. The van der Waals surface area contributed by atoms with Crippen molar-refractivity contribution in [3.63, 3.8) is 0 Å². The number of aromatic amines is 1. The van der Waals surface area contributed by atoms with Gasteiger partial charge in [-0.05, 0) is 6.92 Å². The zero-order chi connectivity index (χ0) is 8.97. The maximum Gasteiger partial charge on any atom is 0.357 e. The molecular formula is C7H7N3O2. The zero-order valence-electron chi connectivity index (χ0n) is 6.50. The summed E-state index contributed by atoms with van der Waals surface area (Å²) in [5, 5.41) is 14.4. The van der Waals surface area contributed by atoms with E-state index in [1.165, 1.54) is 6.20 Å². The van der Waals surface area contributed by atoms with Crippen LogP contribution < -0.4 is 0 Å². The van der Waals surface area contributed by atoms with E-state index in [0.29, 0.717) is 0 Å². The number of nitriles is 1. The highest BCUT2D eigenvalue weighted by Crippen LogP contribution is 2.03. The number of nitrogens with zero attached hydrogens (tertiary/aromatic N) is 2. The Hall–Kier alpha value is -1.83. The third-order valence-electron chi connectivity index (χ3n) is 1.24. The number of hydrogen-bond donors (Lipinski definition) is 1. The highest BCUT2D eigenvalue weighted by Gasteiger charge is 2.13. The molecule has 0 radical (unpaired) electrons. The third-order valence-corrected chi connectivity index (χ3v) is 1.24. The molecule has 0 spiro atoms. The first-order chi connectivity index (χ1) is 5.79. The number of aromatic nitrogens is 2. The van der Waals surface area contributed by atoms with Crippen molar-refractivity contribution in [3.05, 3.63) is 17.5 Å². The molecule has 1 aromatic heterocycles. The Kier molecular flexibility index (Phi) is 2.43. The van der Waals surface area contributed by atoms with E-state index in [1.54, 1.807) is 6.92 Å². The van der Waals surface area contributed by atoms with E-state index in [0.717, 1.165) is 0 Å². The van der Waals surface area contributed by atoms with Gasteiger partial charge in [-0.15, -0.1) is 0 Å². The Morgan fingerprint density at radius 1 is 1.92 bits per heavy atom. The normalized spacial score (nSPS) is 9.00. The van der Waals surface area contributed by atoms with Crippen molar-refractivity contribution in [2.45, 2.75) is 6.92 Å². The van der Waals surface area contributed by atoms with Gasteiger partial charge in [-0.1, -0.05) is 0 Å². The molecule has 0 unspecified atom stereocenters. The van der Waals surface area contributed by atoms with Gasteiger partial charge in [-0.3, -0.25) is 5.10 Å². The number of rotatable bonds is 2. The van der Waals surface area contributed by atoms with Crippen molar-refractivity contribution >= 4 is 5.97 Å². The molecule has 0 saturated heterocycles. The second-order valence-corrected chi connectivity index (χ2v) is 1.99. The summed E-state index contributed by atoms with van der Waals surface area (Å²) < 4.78 is 4.67. The minimum absolute atomic E-state index is 0.111. The predicted molar refractivity (Wildman–Crippen MR) is 39.3 cm³/mol. The lowest BCUT2D eigenvalue weighted by molar-refractivity contribution is 0.0519. The summed E-state index contributed by atoms with van der Waals surface area (Å²) in [4.78, 5) is 11.0. The lowest BCUT2D eigenvalue weighted by Crippen LogP contribution is -2.06. The number of ether oxygens (including phenoxy) is 1. The van der Waals surface area contributed by atoms with Crippen molar-refractivity contribution in [2.24, 2.45) is 0 Å². The van der Waals surface area contributed by atoms with Gasteiger partial charge in [0.15, 0.2) is 5.69 Å². The highest BCUT2D eigenvalue weighted by atomic mass is 16.5. The van der Waals surface area contributed by atoms with Crippen LogP contribution in [-0.2, 0) is 4.74 Å². The molecule has 12 heavy (non-hydrogen) atoms. The monoisotopic (exact) mass is 165 g/mol. The highest BCUT2D eigenvalue weighted by molar-refractivity contribution is 5.89. The van der Waals surface area contributed by atoms with Crippen molar-refractivity contribution < 1.29 is 9.53 Å². The number of hydrogen-bond acceptors (Lipinski definition) is 4. The van der Waals surface area contributed by atoms with Gasteiger partial charge in [0.25, 0.3) is 0 Å². The average molecular weight is 165 g/mol. The van der Waals surface area contributed by atoms with Crippen LogP contribution in [0.4, 0.5) is 0 Å². The molecule has 5 nitrogen and oxygen atoms in total. The van der Waals surface area contributed by atoms with Gasteiger partial charge in [-0.2, -0.15) is 10.4 Å². The standard InChI is InChI=1S/C7H7N3O2/c1-2-12-7(11)6-5(3-8)4-9-10-6/h4H,2H2,1H3,(H,9,10). The maximum atomic E-state index is 11.0. The van der Waals surface area contributed by atoms with Gasteiger partial charge in [0, 0.05) is 0 Å². The maximum absolute atomic E-state index is 11.0. The molecule has 5 heteroatoms. The summed E-state index contributed by atoms with van der Waals surface area (Å²) in [6.07, 6.45) is 1.28. The van der Waals surface area contributed by atoms with Crippen LogP contribution >= 0.6 is 0 Å². The zero-order valence-corrected chi connectivity index (χ0v) is 6.50. The van der Waals surface area contributed by atoms with Gasteiger partial charge in [0.2, 0.25) is 0 Å². The first-order valence-corrected chi connectivity index (χ1v) is 3.40. The van der Waals surface area contributed by atoms with E-state index in [2.05, 4.69) is 14.9 Å². The van der Waals surface area contributed by atoms with Crippen LogP contribution in [0.25, 0.3) is 0 Å². The van der Waals surface area contributed by atoms with E-state index < -0.39 is 5.97 Å². The summed E-state index contributed by atoms with van der Waals surface area (Å²) in [7, 11) is 0. The molecule has 0 amide bonds. The summed E-state index contributed by atoms with van der Waals surface area (Å²) in [5.74, 6) is -0.549. The SMILES string of the molecule is CCOC(=O)c1[nH]ncc1C#N. The molecule has 0 atom stereocenters. The van der Waals surface area contributed by atoms with E-state index in [1.807, 2.05) is 6.07 Å². The van der Waals surface area contributed by atoms with Crippen molar-refractivity contribution in [3.8, 4) is 6.07 Å². The van der Waals surface area contributed by atoms with Gasteiger partial charge < -0.3 is 4.74 Å². The lowest BCUT2D eigenvalue weighted by atomic mass is 10.3. The van der Waals surface area contributed by atoms with Crippen LogP contribution in [0.2, 0.25) is 0 Å². The first kappa shape index (κ1) is 8.27. The molecular weight excluding hydrogens is 158 g/mol. The van der Waals surface area contributed by atoms with E-state index in [9.17, 15) is 4.79 Å². The summed E-state index contributed by atoms with van der Waals surface area (Å²) in [5.41, 5.74) is 0.313. The molecule has 0 aliphatic heterocycles. The Balaban J connectivity index is 2.88. The number of nitrogens with one attached hydrogen (secondary N) is 1. The summed E-state index contributed by atoms with van der Waals surface area (Å²) in [6, 6.07) is 1.82. The summed E-state index contributed by atoms with van der Waals surface area (Å²) >= 11 is 0. The fourth-order valence-electron chi connectivity index (χ4n) is 0.730. The smallest absolute Gasteiger partial charge is 0.357 e. The van der Waals surface area contributed by atoms with E-state index in [-0.39, 0.29) is 17.9 Å². The Labute approximate surface area is 69.0 Å². The van der Waals surface area contributed by atoms with Crippen LogP contribution in [0, 0.1) is 11.3 Å². The average Bonchev–Trinajstić information content (AvgIpc) is 2.51. The predicted octanol–water partition coefficient (Wildman–Crippen LogP) is 0.458. The molecule has 0 bridgehead atoms. The number of carbonyl (C=O) groups excluding carboxylic acids is 1. The minimum Gasteiger partial charge on any atom is -0.461 e. The van der Waals surface area contributed by atoms with Crippen LogP contribution in [0.5, 0.6) is 0 Å². The minimum atomic E-state index is -0.549. The lowest BCUT2D eigenvalue weighted by Gasteiger charge is -1.97. The Morgan fingerprint density at radius 2 is 2.67 bits per heavy atom. The molecule has 0 saturated carbocycles. The molecule has 0 aromatic carbocycles. The van der Waals surface area contributed by atoms with Crippen LogP contribution in [0.3, 0.4) is 0 Å². The van der Waals surface area contributed by atoms with Gasteiger partial charge in [0.1, 0.15) is 11.6 Å². The van der Waals surface area contributed by atoms with Gasteiger partial charge in [0.05, 0.1) is 12.8 Å². The molecule has 0 aliphatic carbocycles. The molecule has 1 N–H and O–H groups in total. The fourth-order valence-corrected chi connectivity index (χ4v) is 0.730. The van der Waals surface area contributed by atoms with Gasteiger partial charge >= 0.3 is 5.97 Å². The Bertz CT molecular complexity index is 324. The summed E-state index contributed by atoms with van der Waals surface area (Å²) in [6.45, 7) is 1.98. The molecule has 1 aromatic rings. The topological polar surface area (TPSA) is 78.8 Å². The van der Waals surface area contributed by atoms with Gasteiger partial charge in [-0.25, -0.2) is 4.79 Å². The third kappa shape index (κ3) is 1.42. The van der Waals surface area contributed by atoms with Crippen LogP contribution in [0.15, 0.2) is 6.20 Å². The second-order valence-electron chi connectivity index (χ2n) is 1.99. The second kappa shape index (κ2) is 3.53. The van der Waals surface area contributed by atoms with Crippen molar-refractivity contribution in [1.82, 2.24) is 10.2 Å². The van der Waals surface area contributed by atoms with Crippen LogP contribution in [-0.4, -0.2) is 22.8 Å². The molecule has 0 aliphatic rings. The van der Waals surface area contributed by atoms with Crippen LogP contribution in [0.1, 0.15) is 23.0 Å². The first-order valence-electron chi connectivity index (χ1n) is 3.40. The van der Waals surface area contributed by atoms with E-state index >= 15 is 0 Å². The molecule has 62 valence electrons. The quantitative estimate of drug-likeness (QED) is 0.645. The number of carbonyl (C=O) groups is 1. The van der Waals surface area contributed by atoms with E-state index in [4.69, 9.17) is 5.26 Å². The van der Waals surface area contributed by atoms with Crippen molar-refractivity contribution in [1.29, 1.82) is 5.26 Å². The number of esters is 1.